The molecule has 1 fully saturated rings. The van der Waals surface area contributed by atoms with Crippen molar-refractivity contribution < 1.29 is 8.42 Å². The highest BCUT2D eigenvalue weighted by Gasteiger charge is 2.40. The molecule has 1 saturated carbocycles. The van der Waals surface area contributed by atoms with Crippen molar-refractivity contribution >= 4 is 37.1 Å². The molecule has 0 aliphatic heterocycles. The van der Waals surface area contributed by atoms with E-state index in [2.05, 4.69) is 15.9 Å². The van der Waals surface area contributed by atoms with Crippen LogP contribution in [0.15, 0.2) is 21.7 Å². The first-order valence-electron chi connectivity index (χ1n) is 4.90. The summed E-state index contributed by atoms with van der Waals surface area (Å²) in [5.41, 5.74) is 0.00280. The maximum atomic E-state index is 12.1. The number of halogens is 1. The highest BCUT2D eigenvalue weighted by molar-refractivity contribution is 9.09. The minimum atomic E-state index is -3.06. The van der Waals surface area contributed by atoms with Crippen molar-refractivity contribution in [2.24, 2.45) is 5.41 Å². The van der Waals surface area contributed by atoms with E-state index in [1.54, 1.807) is 12.1 Å². The third-order valence-electron chi connectivity index (χ3n) is 3.00. The Morgan fingerprint density at radius 3 is 2.60 bits per heavy atom. The minimum Gasteiger partial charge on any atom is -0.223 e. The van der Waals surface area contributed by atoms with Crippen molar-refractivity contribution in [2.45, 2.75) is 23.5 Å². The van der Waals surface area contributed by atoms with Gasteiger partial charge in [-0.2, -0.15) is 0 Å². The molecular formula is C10H13BrO2S2. The fourth-order valence-electron chi connectivity index (χ4n) is 1.91. The molecule has 0 saturated heterocycles. The lowest BCUT2D eigenvalue weighted by atomic mass is 9.72. The summed E-state index contributed by atoms with van der Waals surface area (Å²) < 4.78 is 24.6. The molecule has 0 amide bonds. The van der Waals surface area contributed by atoms with E-state index in [1.165, 1.54) is 11.3 Å². The van der Waals surface area contributed by atoms with Crippen LogP contribution in [0, 0.1) is 5.41 Å². The monoisotopic (exact) mass is 308 g/mol. The van der Waals surface area contributed by atoms with Crippen molar-refractivity contribution in [3.63, 3.8) is 0 Å². The molecule has 0 atom stereocenters. The van der Waals surface area contributed by atoms with Crippen LogP contribution in [0.2, 0.25) is 0 Å². The minimum absolute atomic E-state index is 0.00280. The second-order valence-electron chi connectivity index (χ2n) is 4.18. The smallest absolute Gasteiger partial charge is 0.188 e. The average molecular weight is 309 g/mol. The Labute approximate surface area is 103 Å². The van der Waals surface area contributed by atoms with E-state index < -0.39 is 9.84 Å². The first kappa shape index (κ1) is 11.6. The van der Waals surface area contributed by atoms with Crippen LogP contribution in [-0.4, -0.2) is 19.5 Å². The number of thiophene rings is 1. The van der Waals surface area contributed by atoms with Gasteiger partial charge >= 0.3 is 0 Å². The summed E-state index contributed by atoms with van der Waals surface area (Å²) in [6.07, 6.45) is 3.22. The Kier molecular flexibility index (Phi) is 3.24. The van der Waals surface area contributed by atoms with Crippen molar-refractivity contribution in [1.82, 2.24) is 0 Å². The lowest BCUT2D eigenvalue weighted by molar-refractivity contribution is 0.203. The summed E-state index contributed by atoms with van der Waals surface area (Å²) in [6.45, 7) is 0. The maximum absolute atomic E-state index is 12.1. The number of hydrogen-bond acceptors (Lipinski definition) is 3. The third kappa shape index (κ3) is 2.29. The summed E-state index contributed by atoms with van der Waals surface area (Å²) >= 11 is 4.75. The van der Waals surface area contributed by atoms with Gasteiger partial charge < -0.3 is 0 Å². The second-order valence-corrected chi connectivity index (χ2v) is 7.90. The van der Waals surface area contributed by atoms with E-state index >= 15 is 0 Å². The zero-order chi connectivity index (χ0) is 10.9. The predicted octanol–water partition coefficient (Wildman–Crippen LogP) is 3.09. The standard InChI is InChI=1S/C10H13BrO2S2/c11-7-10(4-2-5-10)8-15(12,13)9-3-1-6-14-9/h1,3,6H,2,4-5,7-8H2. The summed E-state index contributed by atoms with van der Waals surface area (Å²) in [5, 5.41) is 2.61. The molecule has 2 nitrogen and oxygen atoms in total. The van der Waals surface area contributed by atoms with Crippen LogP contribution in [0.25, 0.3) is 0 Å². The quantitative estimate of drug-likeness (QED) is 0.801. The molecule has 0 aromatic carbocycles. The molecule has 1 aliphatic carbocycles. The van der Waals surface area contributed by atoms with Crippen LogP contribution >= 0.6 is 27.3 Å². The Hall–Kier alpha value is 0.130. The number of alkyl halides is 1. The van der Waals surface area contributed by atoms with Gasteiger partial charge in [-0.3, -0.25) is 0 Å². The van der Waals surface area contributed by atoms with Crippen LogP contribution in [0.1, 0.15) is 19.3 Å². The zero-order valence-electron chi connectivity index (χ0n) is 8.28. The van der Waals surface area contributed by atoms with Crippen LogP contribution in [-0.2, 0) is 9.84 Å². The highest BCUT2D eigenvalue weighted by atomic mass is 79.9. The van der Waals surface area contributed by atoms with E-state index in [0.29, 0.717) is 9.96 Å². The first-order valence-corrected chi connectivity index (χ1v) is 8.56. The summed E-state index contributed by atoms with van der Waals surface area (Å²) in [7, 11) is -3.06. The largest absolute Gasteiger partial charge is 0.223 e. The lowest BCUT2D eigenvalue weighted by Gasteiger charge is -2.39. The summed E-state index contributed by atoms with van der Waals surface area (Å²) in [4.78, 5) is 0. The van der Waals surface area contributed by atoms with Gasteiger partial charge in [-0.05, 0) is 29.7 Å². The van der Waals surface area contributed by atoms with Gasteiger partial charge in [0.05, 0.1) is 5.75 Å². The van der Waals surface area contributed by atoms with Gasteiger partial charge in [-0.15, -0.1) is 11.3 Å². The van der Waals surface area contributed by atoms with Gasteiger partial charge in [-0.1, -0.05) is 28.4 Å². The van der Waals surface area contributed by atoms with Gasteiger partial charge in [0.15, 0.2) is 9.84 Å². The third-order valence-corrected chi connectivity index (χ3v) is 7.64. The average Bonchev–Trinajstić information content (AvgIpc) is 2.64. The summed E-state index contributed by atoms with van der Waals surface area (Å²) in [6, 6.07) is 3.49. The topological polar surface area (TPSA) is 34.1 Å². The molecule has 1 heterocycles. The number of sulfone groups is 1. The van der Waals surface area contributed by atoms with Gasteiger partial charge in [-0.25, -0.2) is 8.42 Å². The Bertz CT molecular complexity index is 413. The predicted molar refractivity (Wildman–Crippen MR) is 66.4 cm³/mol. The molecule has 0 radical (unpaired) electrons. The normalized spacial score (nSPS) is 19.8. The van der Waals surface area contributed by atoms with Gasteiger partial charge in [0.2, 0.25) is 0 Å². The maximum Gasteiger partial charge on any atom is 0.188 e. The lowest BCUT2D eigenvalue weighted by Crippen LogP contribution is -2.38. The SMILES string of the molecule is O=S(=O)(CC1(CBr)CCC1)c1cccs1. The zero-order valence-corrected chi connectivity index (χ0v) is 11.5. The molecule has 15 heavy (non-hydrogen) atoms. The second kappa shape index (κ2) is 4.18. The van der Waals surface area contributed by atoms with Crippen molar-refractivity contribution in [1.29, 1.82) is 0 Å². The van der Waals surface area contributed by atoms with Crippen LogP contribution in [0.4, 0.5) is 0 Å². The molecule has 1 aromatic rings. The number of hydrogen-bond donors (Lipinski definition) is 0. The molecule has 2 rings (SSSR count). The highest BCUT2D eigenvalue weighted by Crippen LogP contribution is 2.44. The van der Waals surface area contributed by atoms with E-state index in [0.717, 1.165) is 24.6 Å². The Morgan fingerprint density at radius 2 is 2.20 bits per heavy atom. The Balaban J connectivity index is 2.18. The molecule has 1 aliphatic rings. The molecule has 1 aromatic heterocycles. The molecule has 0 unspecified atom stereocenters. The molecule has 0 N–H and O–H groups in total. The molecule has 84 valence electrons. The van der Waals surface area contributed by atoms with Crippen LogP contribution < -0.4 is 0 Å². The van der Waals surface area contributed by atoms with Crippen molar-refractivity contribution in [3.05, 3.63) is 17.5 Å². The fraction of sp³-hybridized carbons (Fsp3) is 0.600. The van der Waals surface area contributed by atoms with Crippen LogP contribution in [0.5, 0.6) is 0 Å². The van der Waals surface area contributed by atoms with E-state index in [4.69, 9.17) is 0 Å². The molecule has 5 heteroatoms. The van der Waals surface area contributed by atoms with Gasteiger partial charge in [0.1, 0.15) is 4.21 Å². The number of rotatable bonds is 4. The van der Waals surface area contributed by atoms with Crippen molar-refractivity contribution in [3.8, 4) is 0 Å². The van der Waals surface area contributed by atoms with E-state index in [9.17, 15) is 8.42 Å². The molecular weight excluding hydrogens is 296 g/mol. The molecule has 0 spiro atoms. The molecule has 0 bridgehead atoms. The van der Waals surface area contributed by atoms with Crippen LogP contribution in [0.3, 0.4) is 0 Å². The van der Waals surface area contributed by atoms with E-state index in [1.807, 2.05) is 5.38 Å². The van der Waals surface area contributed by atoms with Crippen molar-refractivity contribution in [2.75, 3.05) is 11.1 Å². The first-order chi connectivity index (χ1) is 7.08. The Morgan fingerprint density at radius 1 is 1.47 bits per heavy atom. The van der Waals surface area contributed by atoms with E-state index in [-0.39, 0.29) is 5.41 Å². The fourth-order valence-corrected chi connectivity index (χ4v) is 5.93. The summed E-state index contributed by atoms with van der Waals surface area (Å²) in [5.74, 6) is 0.297. The van der Waals surface area contributed by atoms with Gasteiger partial charge in [0.25, 0.3) is 0 Å². The van der Waals surface area contributed by atoms with Gasteiger partial charge in [0, 0.05) is 5.33 Å².